The van der Waals surface area contributed by atoms with Gasteiger partial charge in [0.05, 0.1) is 0 Å². The molecule has 0 aliphatic carbocycles. The van der Waals surface area contributed by atoms with E-state index in [-0.39, 0.29) is 5.91 Å². The Hall–Kier alpha value is -3.44. The van der Waals surface area contributed by atoms with Gasteiger partial charge >= 0.3 is 0 Å². The highest BCUT2D eigenvalue weighted by Crippen LogP contribution is 2.21. The van der Waals surface area contributed by atoms with Crippen LogP contribution in [0.2, 0.25) is 5.02 Å². The number of carbonyl (C=O) groups excluding carboxylic acids is 1. The zero-order valence-corrected chi connectivity index (χ0v) is 17.8. The van der Waals surface area contributed by atoms with Crippen molar-refractivity contribution in [3.05, 3.63) is 95.7 Å². The molecule has 6 heteroatoms. The van der Waals surface area contributed by atoms with Crippen LogP contribution in [0.1, 0.15) is 5.56 Å². The minimum Gasteiger partial charge on any atom is -0.353 e. The second-order valence-corrected chi connectivity index (χ2v) is 7.62. The van der Waals surface area contributed by atoms with Gasteiger partial charge < -0.3 is 9.80 Å². The van der Waals surface area contributed by atoms with Crippen LogP contribution >= 0.6 is 11.6 Å². The van der Waals surface area contributed by atoms with Gasteiger partial charge in [0.25, 0.3) is 0 Å². The Morgan fingerprint density at radius 2 is 1.65 bits per heavy atom. The van der Waals surface area contributed by atoms with Gasteiger partial charge in [0.2, 0.25) is 5.91 Å². The normalized spacial score (nSPS) is 14.5. The molecule has 2 aromatic carbocycles. The van der Waals surface area contributed by atoms with E-state index in [4.69, 9.17) is 16.6 Å². The van der Waals surface area contributed by atoms with E-state index in [0.717, 1.165) is 30.0 Å². The van der Waals surface area contributed by atoms with E-state index >= 15 is 0 Å². The van der Waals surface area contributed by atoms with E-state index < -0.39 is 0 Å². The van der Waals surface area contributed by atoms with Crippen LogP contribution < -0.4 is 4.90 Å². The number of amides is 1. The van der Waals surface area contributed by atoms with Gasteiger partial charge in [-0.05, 0) is 35.9 Å². The summed E-state index contributed by atoms with van der Waals surface area (Å²) in [6, 6.07) is 19.4. The minimum absolute atomic E-state index is 0.0295. The number of benzene rings is 2. The van der Waals surface area contributed by atoms with Gasteiger partial charge in [-0.2, -0.15) is 0 Å². The molecule has 0 spiro atoms. The summed E-state index contributed by atoms with van der Waals surface area (Å²) in [5, 5.41) is 0.685. The van der Waals surface area contributed by atoms with Crippen LogP contribution in [0.25, 0.3) is 17.5 Å². The number of carbonyl (C=O) groups is 1. The molecular weight excluding hydrogens is 408 g/mol. The second-order valence-electron chi connectivity index (χ2n) is 7.19. The summed E-state index contributed by atoms with van der Waals surface area (Å²) in [7, 11) is 0. The van der Waals surface area contributed by atoms with Crippen molar-refractivity contribution in [1.29, 1.82) is 0 Å². The van der Waals surface area contributed by atoms with Crippen molar-refractivity contribution >= 4 is 29.4 Å². The van der Waals surface area contributed by atoms with Crippen molar-refractivity contribution in [2.45, 2.75) is 0 Å². The minimum atomic E-state index is 0.0295. The Kier molecular flexibility index (Phi) is 6.75. The summed E-state index contributed by atoms with van der Waals surface area (Å²) in [6.45, 7) is 2.78. The molecule has 4 rings (SSSR count). The maximum absolute atomic E-state index is 12.5. The van der Waals surface area contributed by atoms with Crippen molar-refractivity contribution in [2.24, 2.45) is 0 Å². The SMILES string of the molecule is O=C(/C=C/C=C/c1ccccc1)N1CCN(c2ccnc(-c3ccc(Cl)cc3)n2)CC1. The summed E-state index contributed by atoms with van der Waals surface area (Å²) in [5.41, 5.74) is 2.03. The van der Waals surface area contributed by atoms with Crippen LogP contribution in [0.4, 0.5) is 5.82 Å². The van der Waals surface area contributed by atoms with Crippen LogP contribution in [0, 0.1) is 0 Å². The molecule has 1 amide bonds. The molecule has 31 heavy (non-hydrogen) atoms. The fourth-order valence-corrected chi connectivity index (χ4v) is 3.52. The number of allylic oxidation sites excluding steroid dienone is 2. The monoisotopic (exact) mass is 430 g/mol. The Balaban J connectivity index is 1.33. The Morgan fingerprint density at radius 3 is 2.39 bits per heavy atom. The fourth-order valence-electron chi connectivity index (χ4n) is 3.39. The van der Waals surface area contributed by atoms with Crippen molar-refractivity contribution in [3.8, 4) is 11.4 Å². The Bertz CT molecular complexity index is 1070. The van der Waals surface area contributed by atoms with Crippen molar-refractivity contribution in [1.82, 2.24) is 14.9 Å². The molecule has 1 aromatic heterocycles. The summed E-state index contributed by atoms with van der Waals surface area (Å²) < 4.78 is 0. The predicted molar refractivity (Wildman–Crippen MR) is 126 cm³/mol. The molecular formula is C25H23ClN4O. The lowest BCUT2D eigenvalue weighted by atomic mass is 10.2. The molecule has 0 N–H and O–H groups in total. The molecule has 0 saturated carbocycles. The molecule has 1 aliphatic heterocycles. The van der Waals surface area contributed by atoms with Gasteiger partial charge in [-0.1, -0.05) is 60.2 Å². The third-order valence-corrected chi connectivity index (χ3v) is 5.35. The van der Waals surface area contributed by atoms with Crippen molar-refractivity contribution < 1.29 is 4.79 Å². The van der Waals surface area contributed by atoms with Crippen LogP contribution in [0.3, 0.4) is 0 Å². The van der Waals surface area contributed by atoms with Gasteiger partial charge in [-0.15, -0.1) is 0 Å². The summed E-state index contributed by atoms with van der Waals surface area (Å²) in [5.74, 6) is 1.57. The number of anilines is 1. The smallest absolute Gasteiger partial charge is 0.246 e. The van der Waals surface area contributed by atoms with Gasteiger partial charge in [0, 0.05) is 49.0 Å². The molecule has 2 heterocycles. The highest BCUT2D eigenvalue weighted by molar-refractivity contribution is 6.30. The molecule has 1 aliphatic rings. The van der Waals surface area contributed by atoms with E-state index in [0.29, 0.717) is 23.9 Å². The molecule has 0 atom stereocenters. The number of aromatic nitrogens is 2. The molecule has 3 aromatic rings. The standard InChI is InChI=1S/C25H23ClN4O/c26-22-12-10-21(11-13-22)25-27-15-14-23(28-25)29-16-18-30(19-17-29)24(31)9-5-4-8-20-6-2-1-3-7-20/h1-15H,16-19H2/b8-4+,9-5+. The van der Waals surface area contributed by atoms with E-state index in [1.54, 1.807) is 18.3 Å². The molecule has 1 saturated heterocycles. The quantitative estimate of drug-likeness (QED) is 0.434. The zero-order chi connectivity index (χ0) is 21.5. The number of rotatable bonds is 5. The van der Waals surface area contributed by atoms with Gasteiger partial charge in [0.1, 0.15) is 5.82 Å². The average Bonchev–Trinajstić information content (AvgIpc) is 2.83. The highest BCUT2D eigenvalue weighted by atomic mass is 35.5. The topological polar surface area (TPSA) is 49.3 Å². The lowest BCUT2D eigenvalue weighted by Crippen LogP contribution is -2.48. The van der Waals surface area contributed by atoms with E-state index in [2.05, 4.69) is 9.88 Å². The number of hydrogen-bond acceptors (Lipinski definition) is 4. The third kappa shape index (κ3) is 5.58. The van der Waals surface area contributed by atoms with Crippen LogP contribution in [0.15, 0.2) is 85.1 Å². The van der Waals surface area contributed by atoms with Gasteiger partial charge in [-0.3, -0.25) is 4.79 Å². The first-order chi connectivity index (χ1) is 15.2. The molecule has 1 fully saturated rings. The number of piperazine rings is 1. The first-order valence-electron chi connectivity index (χ1n) is 10.2. The average molecular weight is 431 g/mol. The maximum Gasteiger partial charge on any atom is 0.246 e. The predicted octanol–water partition coefficient (Wildman–Crippen LogP) is 4.72. The summed E-state index contributed by atoms with van der Waals surface area (Å²) in [6.07, 6.45) is 9.06. The molecule has 0 bridgehead atoms. The number of hydrogen-bond donors (Lipinski definition) is 0. The van der Waals surface area contributed by atoms with Gasteiger partial charge in [0.15, 0.2) is 5.82 Å². The van der Waals surface area contributed by atoms with Crippen molar-refractivity contribution in [3.63, 3.8) is 0 Å². The van der Waals surface area contributed by atoms with E-state index in [1.165, 1.54) is 0 Å². The first-order valence-corrected chi connectivity index (χ1v) is 10.6. The molecule has 156 valence electrons. The summed E-state index contributed by atoms with van der Waals surface area (Å²) >= 11 is 5.97. The third-order valence-electron chi connectivity index (χ3n) is 5.10. The summed E-state index contributed by atoms with van der Waals surface area (Å²) in [4.78, 5) is 25.6. The van der Waals surface area contributed by atoms with Gasteiger partial charge in [-0.25, -0.2) is 9.97 Å². The first kappa shape index (κ1) is 20.8. The largest absolute Gasteiger partial charge is 0.353 e. The Morgan fingerprint density at radius 1 is 0.903 bits per heavy atom. The van der Waals surface area contributed by atoms with E-state index in [1.807, 2.05) is 77.7 Å². The van der Waals surface area contributed by atoms with Crippen LogP contribution in [-0.4, -0.2) is 47.0 Å². The van der Waals surface area contributed by atoms with Crippen LogP contribution in [0.5, 0.6) is 0 Å². The molecule has 5 nitrogen and oxygen atoms in total. The van der Waals surface area contributed by atoms with E-state index in [9.17, 15) is 4.79 Å². The Labute approximate surface area is 187 Å². The highest BCUT2D eigenvalue weighted by Gasteiger charge is 2.20. The molecule has 0 radical (unpaired) electrons. The van der Waals surface area contributed by atoms with Crippen molar-refractivity contribution in [2.75, 3.05) is 31.1 Å². The van der Waals surface area contributed by atoms with Crippen LogP contribution in [-0.2, 0) is 4.79 Å². The lowest BCUT2D eigenvalue weighted by molar-refractivity contribution is -0.126. The fraction of sp³-hybridized carbons (Fsp3) is 0.160. The lowest BCUT2D eigenvalue weighted by Gasteiger charge is -2.35. The second kappa shape index (κ2) is 10.0. The molecule has 0 unspecified atom stereocenters. The number of halogens is 1. The maximum atomic E-state index is 12.5. The zero-order valence-electron chi connectivity index (χ0n) is 17.1. The number of nitrogens with zero attached hydrogens (tertiary/aromatic N) is 4.